The lowest BCUT2D eigenvalue weighted by Crippen LogP contribution is -2.59. The Kier molecular flexibility index (Phi) is 3.27. The van der Waals surface area contributed by atoms with Crippen LogP contribution < -0.4 is 0 Å². The van der Waals surface area contributed by atoms with Crippen molar-refractivity contribution in [2.45, 2.75) is 18.9 Å². The number of esters is 1. The SMILES string of the molecule is CCOC(=O)[C@H]1C[C@H]2C=C[C@@H]1C(=O)[C@]2(O)CCl. The molecule has 3 aliphatic rings. The van der Waals surface area contributed by atoms with Crippen LogP contribution in [0.25, 0.3) is 0 Å². The standard InChI is InChI=1S/C12H15ClO4/c1-2-17-11(15)9-5-7-3-4-8(9)10(14)12(7,16)6-13/h3-4,7-9,16H,2,5-6H2,1H3/t7-,8+,9+,12+/m1/s1. The lowest BCUT2D eigenvalue weighted by Gasteiger charge is -2.45. The van der Waals surface area contributed by atoms with Crippen LogP contribution in [-0.4, -0.2) is 34.9 Å². The van der Waals surface area contributed by atoms with Crippen molar-refractivity contribution in [3.63, 3.8) is 0 Å². The van der Waals surface area contributed by atoms with E-state index in [1.165, 1.54) is 0 Å². The first-order valence-electron chi connectivity index (χ1n) is 5.72. The fourth-order valence-corrected chi connectivity index (χ4v) is 2.97. The van der Waals surface area contributed by atoms with E-state index in [9.17, 15) is 14.7 Å². The van der Waals surface area contributed by atoms with Crippen molar-refractivity contribution in [2.24, 2.45) is 17.8 Å². The number of carbonyl (C=O) groups is 2. The minimum Gasteiger partial charge on any atom is -0.466 e. The molecule has 0 saturated heterocycles. The molecule has 0 radical (unpaired) electrons. The second-order valence-corrected chi connectivity index (χ2v) is 4.80. The molecule has 94 valence electrons. The molecule has 0 aromatic heterocycles. The van der Waals surface area contributed by atoms with E-state index >= 15 is 0 Å². The molecule has 5 heteroatoms. The van der Waals surface area contributed by atoms with Crippen LogP contribution in [0, 0.1) is 17.8 Å². The molecule has 17 heavy (non-hydrogen) atoms. The van der Waals surface area contributed by atoms with Gasteiger partial charge < -0.3 is 9.84 Å². The van der Waals surface area contributed by atoms with Crippen LogP contribution in [0.5, 0.6) is 0 Å². The van der Waals surface area contributed by atoms with Gasteiger partial charge in [0.25, 0.3) is 0 Å². The van der Waals surface area contributed by atoms with Gasteiger partial charge in [-0.15, -0.1) is 11.6 Å². The van der Waals surface area contributed by atoms with Crippen molar-refractivity contribution < 1.29 is 19.4 Å². The third-order valence-corrected chi connectivity index (χ3v) is 4.04. The minimum absolute atomic E-state index is 0.132. The summed E-state index contributed by atoms with van der Waals surface area (Å²) in [5.41, 5.74) is -1.51. The first kappa shape index (κ1) is 12.6. The Labute approximate surface area is 105 Å². The molecule has 1 fully saturated rings. The summed E-state index contributed by atoms with van der Waals surface area (Å²) in [6.45, 7) is 2.02. The highest BCUT2D eigenvalue weighted by molar-refractivity contribution is 6.21. The summed E-state index contributed by atoms with van der Waals surface area (Å²) >= 11 is 5.68. The second-order valence-electron chi connectivity index (χ2n) is 4.53. The Balaban J connectivity index is 2.24. The van der Waals surface area contributed by atoms with Gasteiger partial charge >= 0.3 is 5.97 Å². The van der Waals surface area contributed by atoms with Gasteiger partial charge in [0.2, 0.25) is 0 Å². The predicted molar refractivity (Wildman–Crippen MR) is 61.5 cm³/mol. The van der Waals surface area contributed by atoms with E-state index in [0.717, 1.165) is 0 Å². The van der Waals surface area contributed by atoms with Crippen LogP contribution in [0.4, 0.5) is 0 Å². The Morgan fingerprint density at radius 1 is 1.65 bits per heavy atom. The maximum Gasteiger partial charge on any atom is 0.310 e. The van der Waals surface area contributed by atoms with Crippen molar-refractivity contribution in [3.8, 4) is 0 Å². The van der Waals surface area contributed by atoms with Crippen LogP contribution in [0.3, 0.4) is 0 Å². The van der Waals surface area contributed by atoms with Crippen molar-refractivity contribution in [3.05, 3.63) is 12.2 Å². The number of Topliss-reactive ketones (excluding diaryl/α,β-unsaturated/α-hetero) is 1. The van der Waals surface area contributed by atoms with Crippen LogP contribution in [0.15, 0.2) is 12.2 Å². The summed E-state index contributed by atoms with van der Waals surface area (Å²) in [6, 6.07) is 0. The number of alkyl halides is 1. The average Bonchev–Trinajstić information content (AvgIpc) is 2.35. The number of carbonyl (C=O) groups excluding carboxylic acids is 2. The molecule has 0 amide bonds. The molecule has 3 rings (SSSR count). The molecule has 2 bridgehead atoms. The number of hydrogen-bond acceptors (Lipinski definition) is 4. The largest absolute Gasteiger partial charge is 0.466 e. The number of aliphatic hydroxyl groups is 1. The highest BCUT2D eigenvalue weighted by Gasteiger charge is 2.56. The quantitative estimate of drug-likeness (QED) is 0.464. The summed E-state index contributed by atoms with van der Waals surface area (Å²) in [5.74, 6) is -2.30. The van der Waals surface area contributed by atoms with Crippen LogP contribution in [0.1, 0.15) is 13.3 Å². The van der Waals surface area contributed by atoms with E-state index in [1.54, 1.807) is 19.1 Å². The number of hydrogen-bond donors (Lipinski definition) is 1. The van der Waals surface area contributed by atoms with Gasteiger partial charge in [-0.25, -0.2) is 0 Å². The normalized spacial score (nSPS) is 39.5. The van der Waals surface area contributed by atoms with Gasteiger partial charge in [0.05, 0.1) is 24.3 Å². The molecule has 0 aromatic rings. The van der Waals surface area contributed by atoms with E-state index < -0.39 is 17.4 Å². The maximum absolute atomic E-state index is 12.1. The molecule has 0 aromatic carbocycles. The molecule has 0 heterocycles. The number of rotatable bonds is 3. The molecule has 3 aliphatic carbocycles. The summed E-state index contributed by atoms with van der Waals surface area (Å²) < 4.78 is 4.94. The van der Waals surface area contributed by atoms with Crippen LogP contribution in [0.2, 0.25) is 0 Å². The average molecular weight is 259 g/mol. The molecule has 0 unspecified atom stereocenters. The molecule has 4 atom stereocenters. The fraction of sp³-hybridized carbons (Fsp3) is 0.667. The zero-order chi connectivity index (χ0) is 12.6. The zero-order valence-electron chi connectivity index (χ0n) is 9.56. The highest BCUT2D eigenvalue weighted by Crippen LogP contribution is 2.45. The van der Waals surface area contributed by atoms with Gasteiger partial charge in [-0.05, 0) is 13.3 Å². The van der Waals surface area contributed by atoms with Crippen LogP contribution in [-0.2, 0) is 14.3 Å². The topological polar surface area (TPSA) is 63.6 Å². The van der Waals surface area contributed by atoms with E-state index in [1.807, 2.05) is 0 Å². The number of ketones is 1. The van der Waals surface area contributed by atoms with Gasteiger partial charge in [0.15, 0.2) is 5.78 Å². The van der Waals surface area contributed by atoms with E-state index in [0.29, 0.717) is 13.0 Å². The molecule has 1 N–H and O–H groups in total. The van der Waals surface area contributed by atoms with Gasteiger partial charge in [-0.2, -0.15) is 0 Å². The minimum atomic E-state index is -1.51. The molecule has 0 spiro atoms. The number of fused-ring (bicyclic) bond motifs is 2. The Bertz CT molecular complexity index is 379. The Morgan fingerprint density at radius 2 is 2.35 bits per heavy atom. The van der Waals surface area contributed by atoms with Crippen molar-refractivity contribution in [2.75, 3.05) is 12.5 Å². The summed E-state index contributed by atoms with van der Waals surface area (Å²) in [4.78, 5) is 23.8. The van der Waals surface area contributed by atoms with Crippen molar-refractivity contribution >= 4 is 23.4 Å². The van der Waals surface area contributed by atoms with Crippen LogP contribution >= 0.6 is 11.6 Å². The zero-order valence-corrected chi connectivity index (χ0v) is 10.3. The number of halogens is 1. The monoisotopic (exact) mass is 258 g/mol. The maximum atomic E-state index is 12.1. The summed E-state index contributed by atoms with van der Waals surface area (Å²) in [6.07, 6.45) is 3.90. The van der Waals surface area contributed by atoms with E-state index in [2.05, 4.69) is 0 Å². The molecule has 0 aliphatic heterocycles. The molecular weight excluding hydrogens is 244 g/mol. The first-order valence-corrected chi connectivity index (χ1v) is 6.25. The Hall–Kier alpha value is -0.870. The second kappa shape index (κ2) is 4.42. The van der Waals surface area contributed by atoms with Crippen molar-refractivity contribution in [1.29, 1.82) is 0 Å². The van der Waals surface area contributed by atoms with E-state index in [4.69, 9.17) is 16.3 Å². The smallest absolute Gasteiger partial charge is 0.310 e. The third-order valence-electron chi connectivity index (χ3n) is 3.63. The predicted octanol–water partition coefficient (Wildman–Crippen LogP) is 0.911. The Morgan fingerprint density at radius 3 is 2.88 bits per heavy atom. The molecular formula is C12H15ClO4. The van der Waals surface area contributed by atoms with Gasteiger partial charge in [0, 0.05) is 5.92 Å². The summed E-state index contributed by atoms with van der Waals surface area (Å²) in [7, 11) is 0. The van der Waals surface area contributed by atoms with E-state index in [-0.39, 0.29) is 23.6 Å². The van der Waals surface area contributed by atoms with Gasteiger partial charge in [-0.1, -0.05) is 12.2 Å². The van der Waals surface area contributed by atoms with Crippen molar-refractivity contribution in [1.82, 2.24) is 0 Å². The first-order chi connectivity index (χ1) is 8.04. The number of ether oxygens (including phenoxy) is 1. The number of allylic oxidation sites excluding steroid dienone is 1. The highest BCUT2D eigenvalue weighted by atomic mass is 35.5. The third kappa shape index (κ3) is 1.79. The fourth-order valence-electron chi connectivity index (χ4n) is 2.64. The van der Waals surface area contributed by atoms with Gasteiger partial charge in [-0.3, -0.25) is 9.59 Å². The lowest BCUT2D eigenvalue weighted by atomic mass is 9.61. The summed E-state index contributed by atoms with van der Waals surface area (Å²) in [5, 5.41) is 10.2. The lowest BCUT2D eigenvalue weighted by molar-refractivity contribution is -0.164. The van der Waals surface area contributed by atoms with Gasteiger partial charge in [0.1, 0.15) is 5.60 Å². The molecule has 4 nitrogen and oxygen atoms in total. The molecule has 1 saturated carbocycles.